The summed E-state index contributed by atoms with van der Waals surface area (Å²) in [6, 6.07) is 7.04. The van der Waals surface area contributed by atoms with Crippen LogP contribution in [0.5, 0.6) is 5.75 Å². The van der Waals surface area contributed by atoms with Gasteiger partial charge in [-0.1, -0.05) is 19.8 Å². The van der Waals surface area contributed by atoms with Crippen LogP contribution in [0.25, 0.3) is 0 Å². The van der Waals surface area contributed by atoms with E-state index in [2.05, 4.69) is 12.3 Å². The summed E-state index contributed by atoms with van der Waals surface area (Å²) in [5.41, 5.74) is 2.65. The molecule has 5 heteroatoms. The first-order valence-electron chi connectivity index (χ1n) is 7.54. The maximum Gasteiger partial charge on any atom is 0.265 e. The molecule has 0 heterocycles. The van der Waals surface area contributed by atoms with Gasteiger partial charge in [0.05, 0.1) is 6.61 Å². The molecule has 1 fully saturated rings. The molecule has 21 heavy (non-hydrogen) atoms. The zero-order valence-corrected chi connectivity index (χ0v) is 13.3. The second-order valence-corrected chi connectivity index (χ2v) is 7.02. The molecular weight excluding hydrogens is 284 g/mol. The number of carbonyl (C=O) groups is 1. The molecule has 1 aromatic carbocycles. The normalized spacial score (nSPS) is 21.8. The summed E-state index contributed by atoms with van der Waals surface area (Å²) < 4.78 is 5.71. The number of nitrogen functional groups attached to an aromatic ring is 1. The molecule has 0 radical (unpaired) electrons. The van der Waals surface area contributed by atoms with Gasteiger partial charge in [-0.25, -0.2) is 5.84 Å². The highest BCUT2D eigenvalue weighted by atomic mass is 32.2. The number of nitrogens with one attached hydrogen (secondary N) is 1. The van der Waals surface area contributed by atoms with E-state index in [0.29, 0.717) is 12.2 Å². The van der Waals surface area contributed by atoms with Crippen molar-refractivity contribution in [3.63, 3.8) is 0 Å². The summed E-state index contributed by atoms with van der Waals surface area (Å²) in [6.45, 7) is 3.06. The van der Waals surface area contributed by atoms with Gasteiger partial charge in [0.25, 0.3) is 5.91 Å². The van der Waals surface area contributed by atoms with Gasteiger partial charge in [0.15, 0.2) is 0 Å². The van der Waals surface area contributed by atoms with Crippen molar-refractivity contribution in [1.82, 2.24) is 5.43 Å². The lowest BCUT2D eigenvalue weighted by atomic mass is 9.91. The van der Waals surface area contributed by atoms with Crippen LogP contribution in [0, 0.1) is 5.92 Å². The molecule has 1 aromatic rings. The molecule has 0 aliphatic heterocycles. The monoisotopic (exact) mass is 308 g/mol. The predicted octanol–water partition coefficient (Wildman–Crippen LogP) is 2.98. The number of benzene rings is 1. The minimum atomic E-state index is -0.288. The van der Waals surface area contributed by atoms with E-state index in [0.717, 1.165) is 22.7 Å². The smallest absolute Gasteiger partial charge is 0.265 e. The van der Waals surface area contributed by atoms with Gasteiger partial charge in [0, 0.05) is 16.6 Å². The highest BCUT2D eigenvalue weighted by Crippen LogP contribution is 2.31. The Balaban J connectivity index is 1.67. The minimum Gasteiger partial charge on any atom is -0.493 e. The summed E-state index contributed by atoms with van der Waals surface area (Å²) in [4.78, 5) is 11.3. The number of carbonyl (C=O) groups excluding carboxylic acids is 1. The van der Waals surface area contributed by atoms with Gasteiger partial charge < -0.3 is 4.74 Å². The third-order valence-corrected chi connectivity index (χ3v) is 5.14. The first-order valence-corrected chi connectivity index (χ1v) is 8.59. The third kappa shape index (κ3) is 5.25. The largest absolute Gasteiger partial charge is 0.493 e. The van der Waals surface area contributed by atoms with Crippen molar-refractivity contribution in [3.05, 3.63) is 29.8 Å². The quantitative estimate of drug-likeness (QED) is 0.367. The van der Waals surface area contributed by atoms with Crippen molar-refractivity contribution in [3.8, 4) is 5.75 Å². The van der Waals surface area contributed by atoms with E-state index in [1.54, 1.807) is 24.3 Å². The van der Waals surface area contributed by atoms with Gasteiger partial charge in [-0.2, -0.15) is 11.8 Å². The fourth-order valence-electron chi connectivity index (χ4n) is 2.69. The second kappa shape index (κ2) is 8.29. The van der Waals surface area contributed by atoms with Crippen LogP contribution < -0.4 is 16.0 Å². The molecule has 1 aliphatic carbocycles. The van der Waals surface area contributed by atoms with Gasteiger partial charge in [-0.05, 0) is 43.0 Å². The van der Waals surface area contributed by atoms with E-state index in [1.807, 2.05) is 11.8 Å². The molecule has 0 bridgehead atoms. The van der Waals surface area contributed by atoms with Gasteiger partial charge in [0.1, 0.15) is 5.75 Å². The van der Waals surface area contributed by atoms with Gasteiger partial charge in [-0.15, -0.1) is 0 Å². The number of thioether (sulfide) groups is 1. The summed E-state index contributed by atoms with van der Waals surface area (Å²) in [6.07, 6.45) is 5.44. The van der Waals surface area contributed by atoms with Crippen molar-refractivity contribution in [2.24, 2.45) is 11.8 Å². The fourth-order valence-corrected chi connectivity index (χ4v) is 4.00. The van der Waals surface area contributed by atoms with Crippen molar-refractivity contribution in [2.75, 3.05) is 12.4 Å². The maximum atomic E-state index is 11.3. The van der Waals surface area contributed by atoms with Gasteiger partial charge in [0.2, 0.25) is 0 Å². The molecule has 1 saturated carbocycles. The Hall–Kier alpha value is -1.20. The van der Waals surface area contributed by atoms with E-state index in [4.69, 9.17) is 10.6 Å². The number of ether oxygens (including phenoxy) is 1. The predicted molar refractivity (Wildman–Crippen MR) is 87.5 cm³/mol. The Labute approximate surface area is 130 Å². The molecule has 3 N–H and O–H groups in total. The van der Waals surface area contributed by atoms with Gasteiger partial charge in [-0.3, -0.25) is 10.2 Å². The van der Waals surface area contributed by atoms with Crippen LogP contribution >= 0.6 is 11.8 Å². The van der Waals surface area contributed by atoms with Crippen LogP contribution in [0.2, 0.25) is 0 Å². The first kappa shape index (κ1) is 16.2. The van der Waals surface area contributed by atoms with E-state index < -0.39 is 0 Å². The Morgan fingerprint density at radius 2 is 2.14 bits per heavy atom. The molecule has 0 spiro atoms. The molecule has 2 rings (SSSR count). The van der Waals surface area contributed by atoms with E-state index in [1.165, 1.54) is 25.7 Å². The lowest BCUT2D eigenvalue weighted by Crippen LogP contribution is -2.29. The highest BCUT2D eigenvalue weighted by molar-refractivity contribution is 7.99. The Bertz CT molecular complexity index is 450. The number of rotatable bonds is 6. The van der Waals surface area contributed by atoms with Crippen LogP contribution in [-0.2, 0) is 0 Å². The SMILES string of the molecule is CC1CCCC(SCCOc2ccc(C(=O)NN)cc2)C1. The second-order valence-electron chi connectivity index (χ2n) is 5.61. The molecular formula is C16H24N2O2S. The molecule has 0 aromatic heterocycles. The number of amides is 1. The van der Waals surface area contributed by atoms with Crippen molar-refractivity contribution >= 4 is 17.7 Å². The van der Waals surface area contributed by atoms with Crippen LogP contribution in [-0.4, -0.2) is 23.5 Å². The maximum absolute atomic E-state index is 11.3. The van der Waals surface area contributed by atoms with Crippen LogP contribution in [0.1, 0.15) is 43.0 Å². The zero-order valence-electron chi connectivity index (χ0n) is 12.5. The van der Waals surface area contributed by atoms with Crippen molar-refractivity contribution < 1.29 is 9.53 Å². The molecule has 4 nitrogen and oxygen atoms in total. The topological polar surface area (TPSA) is 64.3 Å². The minimum absolute atomic E-state index is 0.288. The summed E-state index contributed by atoms with van der Waals surface area (Å²) >= 11 is 2.03. The lowest BCUT2D eigenvalue weighted by Gasteiger charge is -2.26. The number of hydrogen-bond acceptors (Lipinski definition) is 4. The van der Waals surface area contributed by atoms with Crippen LogP contribution in [0.3, 0.4) is 0 Å². The van der Waals surface area contributed by atoms with Crippen LogP contribution in [0.4, 0.5) is 0 Å². The standard InChI is InChI=1S/C16H24N2O2S/c1-12-3-2-4-15(11-12)21-10-9-20-14-7-5-13(6-8-14)16(19)18-17/h5-8,12,15H,2-4,9-11,17H2,1H3,(H,18,19). The number of hydrazine groups is 1. The Kier molecular flexibility index (Phi) is 6.39. The molecule has 116 valence electrons. The van der Waals surface area contributed by atoms with E-state index in [9.17, 15) is 4.79 Å². The average molecular weight is 308 g/mol. The van der Waals surface area contributed by atoms with E-state index >= 15 is 0 Å². The molecule has 0 saturated heterocycles. The third-order valence-electron chi connectivity index (χ3n) is 3.84. The van der Waals surface area contributed by atoms with Crippen molar-refractivity contribution in [2.45, 2.75) is 37.9 Å². The summed E-state index contributed by atoms with van der Waals surface area (Å²) in [7, 11) is 0. The van der Waals surface area contributed by atoms with Crippen LogP contribution in [0.15, 0.2) is 24.3 Å². The molecule has 1 amide bonds. The highest BCUT2D eigenvalue weighted by Gasteiger charge is 2.18. The lowest BCUT2D eigenvalue weighted by molar-refractivity contribution is 0.0953. The fraction of sp³-hybridized carbons (Fsp3) is 0.562. The van der Waals surface area contributed by atoms with Crippen molar-refractivity contribution in [1.29, 1.82) is 0 Å². The average Bonchev–Trinajstić information content (AvgIpc) is 2.51. The zero-order chi connectivity index (χ0) is 15.1. The number of hydrogen-bond donors (Lipinski definition) is 2. The summed E-state index contributed by atoms with van der Waals surface area (Å²) in [5.74, 6) is 7.48. The summed E-state index contributed by atoms with van der Waals surface area (Å²) in [5, 5.41) is 0.799. The first-order chi connectivity index (χ1) is 10.2. The number of nitrogens with two attached hydrogens (primary N) is 1. The molecule has 2 unspecified atom stereocenters. The van der Waals surface area contributed by atoms with Gasteiger partial charge >= 0.3 is 0 Å². The Morgan fingerprint density at radius 3 is 2.81 bits per heavy atom. The van der Waals surface area contributed by atoms with E-state index in [-0.39, 0.29) is 5.91 Å². The molecule has 2 atom stereocenters. The Morgan fingerprint density at radius 1 is 1.38 bits per heavy atom. The molecule has 1 aliphatic rings.